The molecular formula is C15H12BrClN2O3S. The summed E-state index contributed by atoms with van der Waals surface area (Å²) in [4.78, 5) is 14.3. The van der Waals surface area contributed by atoms with E-state index in [-0.39, 0.29) is 10.8 Å². The van der Waals surface area contributed by atoms with Crippen molar-refractivity contribution in [2.75, 3.05) is 11.4 Å². The normalized spacial score (nSPS) is 14.0. The molecule has 5 nitrogen and oxygen atoms in total. The van der Waals surface area contributed by atoms with Gasteiger partial charge in [0.25, 0.3) is 5.91 Å². The largest absolute Gasteiger partial charge is 0.308 e. The number of hydrogen-bond acceptors (Lipinski definition) is 3. The predicted octanol–water partition coefficient (Wildman–Crippen LogP) is 2.95. The van der Waals surface area contributed by atoms with E-state index in [9.17, 15) is 13.2 Å². The van der Waals surface area contributed by atoms with Crippen LogP contribution < -0.4 is 10.0 Å². The van der Waals surface area contributed by atoms with E-state index in [0.717, 1.165) is 10.0 Å². The van der Waals surface area contributed by atoms with Gasteiger partial charge in [0.15, 0.2) is 0 Å². The zero-order valence-corrected chi connectivity index (χ0v) is 15.0. The van der Waals surface area contributed by atoms with E-state index >= 15 is 0 Å². The van der Waals surface area contributed by atoms with Gasteiger partial charge >= 0.3 is 0 Å². The van der Waals surface area contributed by atoms with Crippen molar-refractivity contribution in [1.29, 1.82) is 0 Å². The summed E-state index contributed by atoms with van der Waals surface area (Å²) in [6, 6.07) is 9.60. The van der Waals surface area contributed by atoms with Gasteiger partial charge in [-0.25, -0.2) is 13.6 Å². The van der Waals surface area contributed by atoms with Crippen LogP contribution in [0.15, 0.2) is 45.8 Å². The van der Waals surface area contributed by atoms with Crippen LogP contribution in [0.2, 0.25) is 5.02 Å². The molecule has 0 bridgehead atoms. The molecule has 2 aromatic carbocycles. The molecule has 120 valence electrons. The Morgan fingerprint density at radius 1 is 1.22 bits per heavy atom. The third kappa shape index (κ3) is 3.14. The molecule has 1 heterocycles. The summed E-state index contributed by atoms with van der Waals surface area (Å²) < 4.78 is 23.8. The second kappa shape index (κ2) is 5.90. The molecule has 0 aromatic heterocycles. The molecular weight excluding hydrogens is 404 g/mol. The molecule has 0 fully saturated rings. The van der Waals surface area contributed by atoms with Crippen molar-refractivity contribution in [2.24, 2.45) is 5.14 Å². The van der Waals surface area contributed by atoms with Gasteiger partial charge in [-0.1, -0.05) is 33.6 Å². The number of carbonyl (C=O) groups is 1. The molecule has 0 unspecified atom stereocenters. The average Bonchev–Trinajstić information content (AvgIpc) is 2.91. The van der Waals surface area contributed by atoms with Crippen LogP contribution in [0.3, 0.4) is 0 Å². The standard InChI is InChI=1S/C15H12BrClN2O3S/c16-10-2-4-13(17)12(7-10)15(20)19-6-5-9-1-3-11(8-14(9)19)23(18,21)22/h1-4,7-8H,5-6H2,(H2,18,21,22). The average molecular weight is 416 g/mol. The fraction of sp³-hybridized carbons (Fsp3) is 0.133. The van der Waals surface area contributed by atoms with Gasteiger partial charge in [0, 0.05) is 16.7 Å². The molecule has 8 heteroatoms. The highest BCUT2D eigenvalue weighted by molar-refractivity contribution is 9.10. The number of halogens is 2. The van der Waals surface area contributed by atoms with Crippen LogP contribution >= 0.6 is 27.5 Å². The van der Waals surface area contributed by atoms with Crippen LogP contribution in [0, 0.1) is 0 Å². The van der Waals surface area contributed by atoms with Crippen LogP contribution in [0.25, 0.3) is 0 Å². The number of nitrogens with two attached hydrogens (primary N) is 1. The lowest BCUT2D eigenvalue weighted by molar-refractivity contribution is 0.0989. The number of nitrogens with zero attached hydrogens (tertiary/aromatic N) is 1. The van der Waals surface area contributed by atoms with Crippen molar-refractivity contribution < 1.29 is 13.2 Å². The Labute approximate surface area is 147 Å². The lowest BCUT2D eigenvalue weighted by Gasteiger charge is -2.18. The van der Waals surface area contributed by atoms with Gasteiger partial charge in [-0.3, -0.25) is 4.79 Å². The lowest BCUT2D eigenvalue weighted by Crippen LogP contribution is -2.29. The van der Waals surface area contributed by atoms with Crippen LogP contribution in [-0.4, -0.2) is 20.9 Å². The highest BCUT2D eigenvalue weighted by atomic mass is 79.9. The predicted molar refractivity (Wildman–Crippen MR) is 92.3 cm³/mol. The Morgan fingerprint density at radius 3 is 2.65 bits per heavy atom. The first-order chi connectivity index (χ1) is 10.8. The Bertz CT molecular complexity index is 915. The fourth-order valence-corrected chi connectivity index (χ4v) is 3.65. The van der Waals surface area contributed by atoms with Gasteiger partial charge in [-0.15, -0.1) is 0 Å². The zero-order valence-electron chi connectivity index (χ0n) is 11.8. The first kappa shape index (κ1) is 16.4. The summed E-state index contributed by atoms with van der Waals surface area (Å²) in [6.45, 7) is 0.463. The summed E-state index contributed by atoms with van der Waals surface area (Å²) in [5.74, 6) is -0.276. The van der Waals surface area contributed by atoms with Gasteiger partial charge < -0.3 is 4.90 Å². The summed E-state index contributed by atoms with van der Waals surface area (Å²) in [6.07, 6.45) is 0.650. The molecule has 1 amide bonds. The minimum absolute atomic E-state index is 0.0173. The van der Waals surface area contributed by atoms with Gasteiger partial charge in [-0.2, -0.15) is 0 Å². The second-order valence-electron chi connectivity index (χ2n) is 5.17. The molecule has 1 aliphatic rings. The van der Waals surface area contributed by atoms with Crippen LogP contribution in [0.4, 0.5) is 5.69 Å². The van der Waals surface area contributed by atoms with Crippen molar-refractivity contribution in [3.8, 4) is 0 Å². The molecule has 0 atom stereocenters. The maximum atomic E-state index is 12.8. The molecule has 1 aliphatic heterocycles. The first-order valence-corrected chi connectivity index (χ1v) is 9.42. The number of rotatable bonds is 2. The van der Waals surface area contributed by atoms with Crippen LogP contribution in [-0.2, 0) is 16.4 Å². The SMILES string of the molecule is NS(=O)(=O)c1ccc2c(c1)N(C(=O)c1cc(Br)ccc1Cl)CC2. The zero-order chi connectivity index (χ0) is 16.8. The van der Waals surface area contributed by atoms with Gasteiger partial charge in [0.05, 0.1) is 15.5 Å². The summed E-state index contributed by atoms with van der Waals surface area (Å²) in [7, 11) is -3.82. The molecule has 0 saturated carbocycles. The number of fused-ring (bicyclic) bond motifs is 1. The van der Waals surface area contributed by atoms with Crippen molar-refractivity contribution in [3.05, 3.63) is 57.0 Å². The van der Waals surface area contributed by atoms with E-state index in [1.54, 1.807) is 24.3 Å². The minimum Gasteiger partial charge on any atom is -0.308 e. The molecule has 0 radical (unpaired) electrons. The van der Waals surface area contributed by atoms with Crippen molar-refractivity contribution in [3.63, 3.8) is 0 Å². The maximum Gasteiger partial charge on any atom is 0.259 e. The number of amides is 1. The van der Waals surface area contributed by atoms with Gasteiger partial charge in [0.2, 0.25) is 10.0 Å². The molecule has 0 spiro atoms. The Kier molecular flexibility index (Phi) is 4.22. The molecule has 2 N–H and O–H groups in total. The first-order valence-electron chi connectivity index (χ1n) is 6.70. The lowest BCUT2D eigenvalue weighted by atomic mass is 10.1. The van der Waals surface area contributed by atoms with E-state index in [2.05, 4.69) is 15.9 Å². The second-order valence-corrected chi connectivity index (χ2v) is 8.05. The highest BCUT2D eigenvalue weighted by Gasteiger charge is 2.28. The number of sulfonamides is 1. The molecule has 0 aliphatic carbocycles. The smallest absolute Gasteiger partial charge is 0.259 e. The third-order valence-corrected chi connectivity index (χ3v) is 5.42. The topological polar surface area (TPSA) is 80.5 Å². The van der Waals surface area contributed by atoms with Crippen molar-refractivity contribution in [2.45, 2.75) is 11.3 Å². The molecule has 23 heavy (non-hydrogen) atoms. The summed E-state index contributed by atoms with van der Waals surface area (Å²) in [5.41, 5.74) is 1.81. The van der Waals surface area contributed by atoms with E-state index in [4.69, 9.17) is 16.7 Å². The quantitative estimate of drug-likeness (QED) is 0.819. The monoisotopic (exact) mass is 414 g/mol. The van der Waals surface area contributed by atoms with Crippen molar-refractivity contribution >= 4 is 49.1 Å². The van der Waals surface area contributed by atoms with Gasteiger partial charge in [0.1, 0.15) is 0 Å². The third-order valence-electron chi connectivity index (χ3n) is 3.68. The summed E-state index contributed by atoms with van der Waals surface area (Å²) >= 11 is 9.43. The Morgan fingerprint density at radius 2 is 1.96 bits per heavy atom. The van der Waals surface area contributed by atoms with Crippen LogP contribution in [0.5, 0.6) is 0 Å². The number of carbonyl (C=O) groups excluding carboxylic acids is 1. The Balaban J connectivity index is 2.05. The fourth-order valence-electron chi connectivity index (χ4n) is 2.55. The molecule has 3 rings (SSSR count). The number of hydrogen-bond donors (Lipinski definition) is 1. The minimum atomic E-state index is -3.82. The van der Waals surface area contributed by atoms with Crippen molar-refractivity contribution in [1.82, 2.24) is 0 Å². The van der Waals surface area contributed by atoms with E-state index < -0.39 is 10.0 Å². The number of anilines is 1. The van der Waals surface area contributed by atoms with E-state index in [1.165, 1.54) is 17.0 Å². The van der Waals surface area contributed by atoms with E-state index in [1.807, 2.05) is 0 Å². The number of primary sulfonamides is 1. The molecule has 2 aromatic rings. The molecule has 0 saturated heterocycles. The van der Waals surface area contributed by atoms with Crippen LogP contribution in [0.1, 0.15) is 15.9 Å². The van der Waals surface area contributed by atoms with Gasteiger partial charge in [-0.05, 0) is 42.3 Å². The maximum absolute atomic E-state index is 12.8. The number of benzene rings is 2. The Hall–Kier alpha value is -1.41. The van der Waals surface area contributed by atoms with E-state index in [0.29, 0.717) is 29.2 Å². The summed E-state index contributed by atoms with van der Waals surface area (Å²) in [5, 5.41) is 5.51. The highest BCUT2D eigenvalue weighted by Crippen LogP contribution is 2.33.